The molecule has 0 saturated carbocycles. The molecule has 0 spiro atoms. The summed E-state index contributed by atoms with van der Waals surface area (Å²) in [6.45, 7) is 12.5. The van der Waals surface area contributed by atoms with Crippen LogP contribution in [0.1, 0.15) is 51.6 Å². The fourth-order valence-electron chi connectivity index (χ4n) is 6.88. The number of carbonyl (C=O) groups is 1. The lowest BCUT2D eigenvalue weighted by atomic mass is 10.0. The van der Waals surface area contributed by atoms with Crippen molar-refractivity contribution in [3.05, 3.63) is 36.2 Å². The Morgan fingerprint density at radius 1 is 0.907 bits per heavy atom. The van der Waals surface area contributed by atoms with E-state index in [1.807, 2.05) is 18.0 Å². The molecule has 3 fully saturated rings. The third-order valence-corrected chi connectivity index (χ3v) is 9.69. The lowest BCUT2D eigenvalue weighted by molar-refractivity contribution is -0.131. The van der Waals surface area contributed by atoms with Crippen molar-refractivity contribution in [2.75, 3.05) is 75.4 Å². The van der Waals surface area contributed by atoms with Crippen LogP contribution in [0, 0.1) is 0 Å². The van der Waals surface area contributed by atoms with Gasteiger partial charge in [0.05, 0.1) is 5.69 Å². The molecule has 3 aromatic rings. The van der Waals surface area contributed by atoms with E-state index in [2.05, 4.69) is 63.2 Å². The van der Waals surface area contributed by atoms with Gasteiger partial charge in [-0.3, -0.25) is 9.69 Å². The predicted octanol–water partition coefficient (Wildman–Crippen LogP) is 3.87. The summed E-state index contributed by atoms with van der Waals surface area (Å²) in [5, 5.41) is 3.66. The van der Waals surface area contributed by atoms with Crippen LogP contribution in [0.2, 0.25) is 0 Å². The summed E-state index contributed by atoms with van der Waals surface area (Å²) in [7, 11) is 2.22. The molecule has 3 saturated heterocycles. The molecule has 230 valence electrons. The van der Waals surface area contributed by atoms with Crippen molar-refractivity contribution in [2.24, 2.45) is 0 Å². The fourth-order valence-corrected chi connectivity index (χ4v) is 6.88. The fraction of sp³-hybridized carbons (Fsp3) is 0.576. The van der Waals surface area contributed by atoms with Crippen molar-refractivity contribution >= 4 is 34.3 Å². The number of nitrogens with zero attached hydrogens (tertiary/aromatic N) is 7. The van der Waals surface area contributed by atoms with Crippen LogP contribution >= 0.6 is 0 Å². The molecule has 5 heterocycles. The summed E-state index contributed by atoms with van der Waals surface area (Å²) < 4.78 is 0. The third-order valence-electron chi connectivity index (χ3n) is 9.69. The van der Waals surface area contributed by atoms with Gasteiger partial charge in [0, 0.05) is 88.3 Å². The number of pyridine rings is 1. The Balaban J connectivity index is 1.18. The van der Waals surface area contributed by atoms with Gasteiger partial charge in [-0.15, -0.1) is 0 Å². The average Bonchev–Trinajstić information content (AvgIpc) is 3.05. The molecule has 0 atom stereocenters. The van der Waals surface area contributed by atoms with Crippen LogP contribution in [-0.2, 0) is 11.2 Å². The zero-order valence-electron chi connectivity index (χ0n) is 26.1. The molecule has 3 aliphatic rings. The molecule has 1 amide bonds. The van der Waals surface area contributed by atoms with Crippen molar-refractivity contribution < 1.29 is 4.79 Å². The highest BCUT2D eigenvalue weighted by Gasteiger charge is 2.27. The lowest BCUT2D eigenvalue weighted by Crippen LogP contribution is -2.52. The maximum atomic E-state index is 12.1. The number of aromatic nitrogens is 3. The number of amides is 1. The smallest absolute Gasteiger partial charge is 0.222 e. The first kappa shape index (κ1) is 29.6. The third kappa shape index (κ3) is 6.40. The maximum Gasteiger partial charge on any atom is 0.222 e. The van der Waals surface area contributed by atoms with Gasteiger partial charge in [0.1, 0.15) is 16.9 Å². The van der Waals surface area contributed by atoms with E-state index >= 15 is 0 Å². The van der Waals surface area contributed by atoms with Crippen molar-refractivity contribution in [1.82, 2.24) is 29.7 Å². The van der Waals surface area contributed by atoms with Crippen LogP contribution in [0.15, 0.2) is 30.5 Å². The first-order chi connectivity index (χ1) is 20.9. The summed E-state index contributed by atoms with van der Waals surface area (Å²) in [4.78, 5) is 36.3. The largest absolute Gasteiger partial charge is 0.382 e. The number of likely N-dealkylation sites (N-methyl/N-ethyl adjacent to an activating group) is 1. The van der Waals surface area contributed by atoms with Crippen LogP contribution in [0.25, 0.3) is 22.2 Å². The number of anilines is 3. The summed E-state index contributed by atoms with van der Waals surface area (Å²) in [6.07, 6.45) is 7.36. The molecular weight excluding hydrogens is 538 g/mol. The van der Waals surface area contributed by atoms with E-state index in [1.54, 1.807) is 0 Å². The van der Waals surface area contributed by atoms with E-state index < -0.39 is 0 Å². The molecule has 10 nitrogen and oxygen atoms in total. The average molecular weight is 586 g/mol. The normalized spacial score (nSPS) is 19.7. The Bertz CT molecular complexity index is 1400. The number of nitrogens with one attached hydrogen (secondary N) is 1. The molecule has 10 heteroatoms. The number of piperazine rings is 1. The molecule has 3 aliphatic heterocycles. The first-order valence-corrected chi connectivity index (χ1v) is 16.2. The van der Waals surface area contributed by atoms with E-state index in [1.165, 1.54) is 44.7 Å². The summed E-state index contributed by atoms with van der Waals surface area (Å²) in [5.41, 5.74) is 11.9. The Morgan fingerprint density at radius 3 is 2.26 bits per heavy atom. The van der Waals surface area contributed by atoms with Crippen molar-refractivity contribution in [1.29, 1.82) is 0 Å². The second kappa shape index (κ2) is 13.0. The van der Waals surface area contributed by atoms with Gasteiger partial charge in [0.2, 0.25) is 5.91 Å². The predicted molar refractivity (Wildman–Crippen MR) is 174 cm³/mol. The highest BCUT2D eigenvalue weighted by atomic mass is 16.2. The van der Waals surface area contributed by atoms with Crippen LogP contribution in [0.4, 0.5) is 17.3 Å². The van der Waals surface area contributed by atoms with Crippen LogP contribution < -0.4 is 16.0 Å². The maximum absolute atomic E-state index is 12.1. The molecule has 0 aliphatic carbocycles. The monoisotopic (exact) mass is 585 g/mol. The molecule has 0 unspecified atom stereocenters. The standard InChI is InChI=1S/C33H47N9O/c1-4-28-33(36-24-10-14-42(15-11-24)29(43)5-2)38-30-27(22-35-32(34)31(30)37-28)23-6-8-25(9-7-23)40-16-12-26(13-17-40)41-20-18-39(3)19-21-41/h6-9,22,24,26H,4-5,10-21H2,1-3H3,(H2,34,35)(H,36,38). The number of hydrogen-bond donors (Lipinski definition) is 2. The van der Waals surface area contributed by atoms with Crippen LogP contribution in [0.3, 0.4) is 0 Å². The van der Waals surface area contributed by atoms with Crippen LogP contribution in [0.5, 0.6) is 0 Å². The number of nitrogen functional groups attached to an aromatic ring is 1. The lowest BCUT2D eigenvalue weighted by Gasteiger charge is -2.42. The zero-order chi connectivity index (χ0) is 29.9. The SMILES string of the molecule is CCC(=O)N1CCC(Nc2nc3c(-c4ccc(N5CCC(N6CCN(C)CC6)CC5)cc4)cnc(N)c3nc2CC)CC1. The van der Waals surface area contributed by atoms with Gasteiger partial charge in [-0.1, -0.05) is 26.0 Å². The number of carbonyl (C=O) groups excluding carboxylic acids is 1. The van der Waals surface area contributed by atoms with Crippen molar-refractivity contribution in [3.8, 4) is 11.1 Å². The number of likely N-dealkylation sites (tertiary alicyclic amines) is 1. The molecule has 2 aromatic heterocycles. The van der Waals surface area contributed by atoms with E-state index in [0.717, 1.165) is 73.6 Å². The topological polar surface area (TPSA) is 107 Å². The minimum absolute atomic E-state index is 0.229. The number of aryl methyl sites for hydroxylation is 1. The van der Waals surface area contributed by atoms with Crippen molar-refractivity contribution in [3.63, 3.8) is 0 Å². The van der Waals surface area contributed by atoms with Gasteiger partial charge >= 0.3 is 0 Å². The molecule has 1 aromatic carbocycles. The van der Waals surface area contributed by atoms with Crippen molar-refractivity contribution in [2.45, 2.75) is 64.5 Å². The molecule has 0 radical (unpaired) electrons. The Morgan fingerprint density at radius 2 is 1.60 bits per heavy atom. The van der Waals surface area contributed by atoms with E-state index in [0.29, 0.717) is 23.8 Å². The quantitative estimate of drug-likeness (QED) is 0.427. The highest BCUT2D eigenvalue weighted by Crippen LogP contribution is 2.33. The number of benzene rings is 1. The van der Waals surface area contributed by atoms with Gasteiger partial charge in [-0.25, -0.2) is 15.0 Å². The minimum atomic E-state index is 0.229. The minimum Gasteiger partial charge on any atom is -0.382 e. The number of piperidine rings is 2. The van der Waals surface area contributed by atoms with E-state index in [4.69, 9.17) is 15.7 Å². The van der Waals surface area contributed by atoms with Gasteiger partial charge in [0.25, 0.3) is 0 Å². The highest BCUT2D eigenvalue weighted by molar-refractivity contribution is 5.97. The molecule has 3 N–H and O–H groups in total. The summed E-state index contributed by atoms with van der Waals surface area (Å²) in [6, 6.07) is 9.77. The summed E-state index contributed by atoms with van der Waals surface area (Å²) in [5.74, 6) is 1.44. The Labute approximate surface area is 255 Å². The van der Waals surface area contributed by atoms with Gasteiger partial charge in [0.15, 0.2) is 5.82 Å². The number of fused-ring (bicyclic) bond motifs is 1. The summed E-state index contributed by atoms with van der Waals surface area (Å²) >= 11 is 0. The van der Waals surface area contributed by atoms with E-state index in [-0.39, 0.29) is 11.9 Å². The number of hydrogen-bond acceptors (Lipinski definition) is 9. The zero-order valence-corrected chi connectivity index (χ0v) is 26.1. The molecular formula is C33H47N9O. The Hall–Kier alpha value is -3.50. The van der Waals surface area contributed by atoms with Gasteiger partial charge < -0.3 is 25.8 Å². The Kier molecular flexibility index (Phi) is 8.95. The molecule has 0 bridgehead atoms. The van der Waals surface area contributed by atoms with E-state index in [9.17, 15) is 4.79 Å². The molecule has 43 heavy (non-hydrogen) atoms. The molecule has 6 rings (SSSR count). The second-order valence-corrected chi connectivity index (χ2v) is 12.4. The second-order valence-electron chi connectivity index (χ2n) is 12.4. The van der Waals surface area contributed by atoms with Gasteiger partial charge in [-0.05, 0) is 56.8 Å². The number of nitrogens with two attached hydrogens (primary N) is 1. The van der Waals surface area contributed by atoms with Crippen LogP contribution in [-0.4, -0.2) is 107 Å². The first-order valence-electron chi connectivity index (χ1n) is 16.2. The van der Waals surface area contributed by atoms with Gasteiger partial charge in [-0.2, -0.15) is 0 Å². The number of rotatable bonds is 7.